The second-order valence-corrected chi connectivity index (χ2v) is 3.11. The van der Waals surface area contributed by atoms with E-state index in [1.807, 2.05) is 0 Å². The molecule has 3 N–H and O–H groups in total. The lowest BCUT2D eigenvalue weighted by Crippen LogP contribution is -2.62. The molecule has 0 amide bonds. The van der Waals surface area contributed by atoms with Gasteiger partial charge < -0.3 is 10.8 Å². The van der Waals surface area contributed by atoms with Crippen LogP contribution in [0.25, 0.3) is 0 Å². The van der Waals surface area contributed by atoms with Crippen LogP contribution >= 0.6 is 12.4 Å². The summed E-state index contributed by atoms with van der Waals surface area (Å²) >= 11 is 0. The second-order valence-electron chi connectivity index (χ2n) is 3.11. The van der Waals surface area contributed by atoms with Gasteiger partial charge in [-0.2, -0.15) is 13.2 Å². The molecule has 1 rings (SSSR count). The fourth-order valence-electron chi connectivity index (χ4n) is 1.33. The van der Waals surface area contributed by atoms with Crippen LogP contribution in [0.4, 0.5) is 13.2 Å². The Hall–Kier alpha value is -0.0000000000000000486. The van der Waals surface area contributed by atoms with Crippen LogP contribution in [0.15, 0.2) is 0 Å². The zero-order chi connectivity index (χ0) is 8.70. The lowest BCUT2D eigenvalue weighted by atomic mass is 9.69. The molecule has 0 saturated heterocycles. The average molecular weight is 206 g/mol. The van der Waals surface area contributed by atoms with Crippen molar-refractivity contribution >= 4 is 12.4 Å². The summed E-state index contributed by atoms with van der Waals surface area (Å²) in [6.07, 6.45) is -4.61. The number of nitrogens with two attached hydrogens (primary N) is 1. The van der Waals surface area contributed by atoms with E-state index in [0.29, 0.717) is 0 Å². The summed E-state index contributed by atoms with van der Waals surface area (Å²) in [6.45, 7) is -0.199. The normalized spacial score (nSPS) is 35.2. The predicted octanol–water partition coefficient (Wildman–Crippen LogP) is 1.07. The minimum Gasteiger partial charge on any atom is -0.396 e. The van der Waals surface area contributed by atoms with E-state index in [1.165, 1.54) is 0 Å². The van der Waals surface area contributed by atoms with Crippen molar-refractivity contribution < 1.29 is 18.3 Å². The molecule has 6 heteroatoms. The van der Waals surface area contributed by atoms with Gasteiger partial charge in [0.05, 0.1) is 0 Å². The number of alkyl halides is 3. The molecule has 2 nitrogen and oxygen atoms in total. The highest BCUT2D eigenvalue weighted by atomic mass is 35.5. The molecular weight excluding hydrogens is 195 g/mol. The highest BCUT2D eigenvalue weighted by Gasteiger charge is 2.59. The number of halogens is 4. The molecular formula is C6H11ClF3NO. The van der Waals surface area contributed by atoms with E-state index in [-0.39, 0.29) is 37.8 Å². The first kappa shape index (κ1) is 12.0. The van der Waals surface area contributed by atoms with E-state index in [0.717, 1.165) is 0 Å². The molecule has 0 radical (unpaired) electrons. The molecule has 0 heterocycles. The average Bonchev–Trinajstić information content (AvgIpc) is 1.78. The first-order valence-corrected chi connectivity index (χ1v) is 3.35. The molecule has 0 bridgehead atoms. The standard InChI is InChI=1S/C6H10F3NO.ClH/c7-6(8,9)5(10)1-4(2-5)3-11;/h4,11H,1-3,10H2;1H. The van der Waals surface area contributed by atoms with E-state index in [1.54, 1.807) is 0 Å². The minimum absolute atomic E-state index is 0. The zero-order valence-corrected chi connectivity index (χ0v) is 7.08. The van der Waals surface area contributed by atoms with Crippen LogP contribution in [-0.4, -0.2) is 23.4 Å². The van der Waals surface area contributed by atoms with Gasteiger partial charge in [-0.1, -0.05) is 0 Å². The highest BCUT2D eigenvalue weighted by Crippen LogP contribution is 2.46. The highest BCUT2D eigenvalue weighted by molar-refractivity contribution is 5.85. The van der Waals surface area contributed by atoms with Crippen molar-refractivity contribution in [1.82, 2.24) is 0 Å². The lowest BCUT2D eigenvalue weighted by Gasteiger charge is -2.44. The summed E-state index contributed by atoms with van der Waals surface area (Å²) in [7, 11) is 0. The van der Waals surface area contributed by atoms with Crippen molar-refractivity contribution in [3.8, 4) is 0 Å². The molecule has 1 aliphatic carbocycles. The van der Waals surface area contributed by atoms with Crippen molar-refractivity contribution in [3.63, 3.8) is 0 Å². The van der Waals surface area contributed by atoms with Gasteiger partial charge in [0.25, 0.3) is 0 Å². The Kier molecular flexibility index (Phi) is 3.40. The summed E-state index contributed by atoms with van der Waals surface area (Å²) in [5.41, 5.74) is 2.98. The first-order valence-electron chi connectivity index (χ1n) is 3.35. The molecule has 0 aromatic heterocycles. The molecule has 0 aromatic rings. The topological polar surface area (TPSA) is 46.2 Å². The van der Waals surface area contributed by atoms with Gasteiger partial charge in [0.15, 0.2) is 0 Å². The van der Waals surface area contributed by atoms with Gasteiger partial charge in [-0.15, -0.1) is 12.4 Å². The minimum atomic E-state index is -4.32. The van der Waals surface area contributed by atoms with E-state index in [9.17, 15) is 13.2 Å². The first-order chi connectivity index (χ1) is 4.89. The Bertz CT molecular complexity index is 155. The van der Waals surface area contributed by atoms with Gasteiger partial charge in [0, 0.05) is 6.61 Å². The smallest absolute Gasteiger partial charge is 0.396 e. The van der Waals surface area contributed by atoms with Crippen molar-refractivity contribution in [1.29, 1.82) is 0 Å². The molecule has 0 unspecified atom stereocenters. The van der Waals surface area contributed by atoms with Crippen LogP contribution in [0, 0.1) is 5.92 Å². The monoisotopic (exact) mass is 205 g/mol. The molecule has 12 heavy (non-hydrogen) atoms. The summed E-state index contributed by atoms with van der Waals surface area (Å²) < 4.78 is 36.0. The molecule has 1 fully saturated rings. The van der Waals surface area contributed by atoms with Gasteiger partial charge in [-0.25, -0.2) is 0 Å². The van der Waals surface area contributed by atoms with E-state index in [2.05, 4.69) is 0 Å². The SMILES string of the molecule is Cl.NC1(C(F)(F)F)CC(CO)C1. The molecule has 74 valence electrons. The summed E-state index contributed by atoms with van der Waals surface area (Å²) in [6, 6.07) is 0. The van der Waals surface area contributed by atoms with Crippen LogP contribution in [0.2, 0.25) is 0 Å². The maximum absolute atomic E-state index is 12.0. The number of hydrogen-bond donors (Lipinski definition) is 2. The molecule has 0 spiro atoms. The summed E-state index contributed by atoms with van der Waals surface area (Å²) in [4.78, 5) is 0. The van der Waals surface area contributed by atoms with Gasteiger partial charge in [0.1, 0.15) is 5.54 Å². The lowest BCUT2D eigenvalue weighted by molar-refractivity contribution is -0.220. The maximum Gasteiger partial charge on any atom is 0.406 e. The zero-order valence-electron chi connectivity index (χ0n) is 6.27. The van der Waals surface area contributed by atoms with Crippen LogP contribution in [0.3, 0.4) is 0 Å². The van der Waals surface area contributed by atoms with Crippen molar-refractivity contribution in [3.05, 3.63) is 0 Å². The van der Waals surface area contributed by atoms with Crippen LogP contribution in [0.5, 0.6) is 0 Å². The summed E-state index contributed by atoms with van der Waals surface area (Å²) in [5, 5.41) is 8.46. The fourth-order valence-corrected chi connectivity index (χ4v) is 1.33. The van der Waals surface area contributed by atoms with Crippen molar-refractivity contribution in [2.45, 2.75) is 24.6 Å². The number of aliphatic hydroxyl groups is 1. The Balaban J connectivity index is 0.00000121. The number of rotatable bonds is 1. The fraction of sp³-hybridized carbons (Fsp3) is 1.00. The summed E-state index contributed by atoms with van der Waals surface area (Å²) in [5.74, 6) is -0.262. The van der Waals surface area contributed by atoms with Gasteiger partial charge >= 0.3 is 6.18 Å². The molecule has 0 aliphatic heterocycles. The van der Waals surface area contributed by atoms with Gasteiger partial charge in [0.2, 0.25) is 0 Å². The second kappa shape index (κ2) is 3.40. The Morgan fingerprint density at radius 2 is 1.83 bits per heavy atom. The molecule has 1 aliphatic rings. The Morgan fingerprint density at radius 1 is 1.42 bits per heavy atom. The molecule has 0 atom stereocenters. The Labute approximate surface area is 74.3 Å². The quantitative estimate of drug-likeness (QED) is 0.673. The van der Waals surface area contributed by atoms with E-state index < -0.39 is 11.7 Å². The maximum atomic E-state index is 12.0. The predicted molar refractivity (Wildman–Crippen MR) is 40.0 cm³/mol. The van der Waals surface area contributed by atoms with Crippen LogP contribution < -0.4 is 5.73 Å². The van der Waals surface area contributed by atoms with Gasteiger partial charge in [-0.3, -0.25) is 0 Å². The Morgan fingerprint density at radius 3 is 2.08 bits per heavy atom. The van der Waals surface area contributed by atoms with E-state index in [4.69, 9.17) is 10.8 Å². The number of hydrogen-bond acceptors (Lipinski definition) is 2. The van der Waals surface area contributed by atoms with Crippen molar-refractivity contribution in [2.75, 3.05) is 6.61 Å². The third kappa shape index (κ3) is 1.84. The van der Waals surface area contributed by atoms with Crippen LogP contribution in [0.1, 0.15) is 12.8 Å². The largest absolute Gasteiger partial charge is 0.406 e. The van der Waals surface area contributed by atoms with Gasteiger partial charge in [-0.05, 0) is 18.8 Å². The van der Waals surface area contributed by atoms with Crippen LogP contribution in [-0.2, 0) is 0 Å². The van der Waals surface area contributed by atoms with Crippen molar-refractivity contribution in [2.24, 2.45) is 11.7 Å². The number of aliphatic hydroxyl groups excluding tert-OH is 1. The molecule has 0 aromatic carbocycles. The third-order valence-electron chi connectivity index (χ3n) is 2.13. The third-order valence-corrected chi connectivity index (χ3v) is 2.13. The molecule has 1 saturated carbocycles. The van der Waals surface area contributed by atoms with E-state index >= 15 is 0 Å².